The average molecular weight is 372 g/mol. The monoisotopic (exact) mass is 372 g/mol. The standard InChI is InChI=1S/C14H10FIO3/c15-13-7-11(5-6-12(13)14(17)18)19-8-9-1-3-10(16)4-2-9/h1-7H,8H2,(H,17,18). The van der Waals surface area contributed by atoms with Crippen LogP contribution in [0.25, 0.3) is 0 Å². The molecule has 0 spiro atoms. The first kappa shape index (κ1) is 13.8. The van der Waals surface area contributed by atoms with E-state index in [2.05, 4.69) is 22.6 Å². The molecular weight excluding hydrogens is 362 g/mol. The molecule has 19 heavy (non-hydrogen) atoms. The lowest BCUT2D eigenvalue weighted by Crippen LogP contribution is -2.01. The number of carboxylic acid groups (broad SMARTS) is 1. The van der Waals surface area contributed by atoms with E-state index in [0.717, 1.165) is 15.2 Å². The van der Waals surface area contributed by atoms with E-state index in [-0.39, 0.29) is 5.56 Å². The van der Waals surface area contributed by atoms with Gasteiger partial charge in [0.05, 0.1) is 5.56 Å². The summed E-state index contributed by atoms with van der Waals surface area (Å²) in [5.41, 5.74) is 0.602. The third-order valence-electron chi connectivity index (χ3n) is 2.49. The van der Waals surface area contributed by atoms with E-state index in [4.69, 9.17) is 9.84 Å². The molecule has 0 amide bonds. The maximum absolute atomic E-state index is 13.4. The molecule has 0 fully saturated rings. The molecule has 2 aromatic carbocycles. The number of carboxylic acids is 1. The second-order valence-electron chi connectivity index (χ2n) is 3.86. The van der Waals surface area contributed by atoms with E-state index in [1.54, 1.807) is 0 Å². The molecule has 0 atom stereocenters. The van der Waals surface area contributed by atoms with Crippen molar-refractivity contribution in [1.29, 1.82) is 0 Å². The first-order valence-electron chi connectivity index (χ1n) is 5.46. The highest BCUT2D eigenvalue weighted by atomic mass is 127. The fourth-order valence-electron chi connectivity index (χ4n) is 1.51. The summed E-state index contributed by atoms with van der Waals surface area (Å²) in [6.45, 7) is 0.308. The summed E-state index contributed by atoms with van der Waals surface area (Å²) in [7, 11) is 0. The van der Waals surface area contributed by atoms with Gasteiger partial charge in [-0.2, -0.15) is 0 Å². The lowest BCUT2D eigenvalue weighted by atomic mass is 10.2. The Morgan fingerprint density at radius 1 is 1.21 bits per heavy atom. The summed E-state index contributed by atoms with van der Waals surface area (Å²) in [6, 6.07) is 11.5. The molecule has 0 aliphatic heterocycles. The largest absolute Gasteiger partial charge is 0.489 e. The fourth-order valence-corrected chi connectivity index (χ4v) is 1.87. The van der Waals surface area contributed by atoms with Crippen molar-refractivity contribution in [1.82, 2.24) is 0 Å². The Kier molecular flexibility index (Phi) is 4.36. The van der Waals surface area contributed by atoms with E-state index in [1.165, 1.54) is 12.1 Å². The van der Waals surface area contributed by atoms with Gasteiger partial charge in [-0.1, -0.05) is 12.1 Å². The van der Waals surface area contributed by atoms with E-state index in [9.17, 15) is 9.18 Å². The predicted octanol–water partition coefficient (Wildman–Crippen LogP) is 3.71. The number of hydrogen-bond acceptors (Lipinski definition) is 2. The number of rotatable bonds is 4. The van der Waals surface area contributed by atoms with Crippen molar-refractivity contribution >= 4 is 28.6 Å². The lowest BCUT2D eigenvalue weighted by molar-refractivity contribution is 0.0692. The fraction of sp³-hybridized carbons (Fsp3) is 0.0714. The lowest BCUT2D eigenvalue weighted by Gasteiger charge is -2.07. The van der Waals surface area contributed by atoms with E-state index in [1.807, 2.05) is 24.3 Å². The minimum atomic E-state index is -1.29. The van der Waals surface area contributed by atoms with Gasteiger partial charge < -0.3 is 9.84 Å². The van der Waals surface area contributed by atoms with Gasteiger partial charge in [-0.3, -0.25) is 0 Å². The summed E-state index contributed by atoms with van der Waals surface area (Å²) in [5, 5.41) is 8.71. The van der Waals surface area contributed by atoms with Gasteiger partial charge in [0.25, 0.3) is 0 Å². The molecule has 0 bridgehead atoms. The maximum atomic E-state index is 13.4. The Hall–Kier alpha value is -1.63. The van der Waals surface area contributed by atoms with Crippen LogP contribution in [0.2, 0.25) is 0 Å². The summed E-state index contributed by atoms with van der Waals surface area (Å²) in [4.78, 5) is 10.7. The van der Waals surface area contributed by atoms with Gasteiger partial charge in [0.1, 0.15) is 18.2 Å². The van der Waals surface area contributed by atoms with Crippen molar-refractivity contribution in [3.05, 3.63) is 63.0 Å². The van der Waals surface area contributed by atoms with Crippen LogP contribution in [0.3, 0.4) is 0 Å². The zero-order valence-electron chi connectivity index (χ0n) is 9.77. The second kappa shape index (κ2) is 6.01. The van der Waals surface area contributed by atoms with Gasteiger partial charge in [0.15, 0.2) is 0 Å². The van der Waals surface area contributed by atoms with Crippen LogP contribution in [0.1, 0.15) is 15.9 Å². The molecule has 0 aromatic heterocycles. The van der Waals surface area contributed by atoms with Crippen molar-refractivity contribution in [2.75, 3.05) is 0 Å². The smallest absolute Gasteiger partial charge is 0.338 e. The van der Waals surface area contributed by atoms with Crippen LogP contribution in [0.15, 0.2) is 42.5 Å². The number of halogens is 2. The highest BCUT2D eigenvalue weighted by Crippen LogP contribution is 2.18. The van der Waals surface area contributed by atoms with Crippen molar-refractivity contribution < 1.29 is 19.0 Å². The van der Waals surface area contributed by atoms with Crippen LogP contribution >= 0.6 is 22.6 Å². The van der Waals surface area contributed by atoms with Gasteiger partial charge in [0.2, 0.25) is 0 Å². The molecule has 1 N–H and O–H groups in total. The molecule has 0 radical (unpaired) electrons. The number of aromatic carboxylic acids is 1. The Morgan fingerprint density at radius 2 is 1.89 bits per heavy atom. The molecule has 0 aliphatic rings. The van der Waals surface area contributed by atoms with E-state index in [0.29, 0.717) is 12.4 Å². The molecule has 0 heterocycles. The highest BCUT2D eigenvalue weighted by Gasteiger charge is 2.10. The summed E-state index contributed by atoms with van der Waals surface area (Å²) < 4.78 is 20.0. The van der Waals surface area contributed by atoms with E-state index < -0.39 is 11.8 Å². The number of hydrogen-bond donors (Lipinski definition) is 1. The number of benzene rings is 2. The first-order valence-corrected chi connectivity index (χ1v) is 6.54. The minimum absolute atomic E-state index is 0.307. The Bertz CT molecular complexity index is 596. The molecule has 5 heteroatoms. The number of ether oxygens (including phenoxy) is 1. The van der Waals surface area contributed by atoms with Crippen molar-refractivity contribution in [2.24, 2.45) is 0 Å². The quantitative estimate of drug-likeness (QED) is 0.833. The Labute approximate surface area is 123 Å². The van der Waals surface area contributed by atoms with Gasteiger partial charge in [0, 0.05) is 9.64 Å². The summed E-state index contributed by atoms with van der Waals surface area (Å²) >= 11 is 2.20. The third kappa shape index (κ3) is 3.66. The van der Waals surface area contributed by atoms with Crippen molar-refractivity contribution in [3.63, 3.8) is 0 Å². The third-order valence-corrected chi connectivity index (χ3v) is 3.21. The van der Waals surface area contributed by atoms with Crippen molar-refractivity contribution in [3.8, 4) is 5.75 Å². The predicted molar refractivity (Wildman–Crippen MR) is 76.9 cm³/mol. The van der Waals surface area contributed by atoms with Crippen LogP contribution in [0.5, 0.6) is 5.75 Å². The average Bonchev–Trinajstić information content (AvgIpc) is 2.37. The molecule has 98 valence electrons. The molecule has 0 aliphatic carbocycles. The summed E-state index contributed by atoms with van der Waals surface area (Å²) in [6.07, 6.45) is 0. The van der Waals surface area contributed by atoms with Gasteiger partial charge in [-0.05, 0) is 52.4 Å². The zero-order valence-corrected chi connectivity index (χ0v) is 11.9. The van der Waals surface area contributed by atoms with E-state index >= 15 is 0 Å². The van der Waals surface area contributed by atoms with Crippen LogP contribution in [-0.4, -0.2) is 11.1 Å². The Morgan fingerprint density at radius 3 is 2.47 bits per heavy atom. The molecule has 0 saturated heterocycles. The molecule has 2 rings (SSSR count). The maximum Gasteiger partial charge on any atom is 0.338 e. The van der Waals surface area contributed by atoms with Crippen LogP contribution in [-0.2, 0) is 6.61 Å². The number of carbonyl (C=O) groups is 1. The SMILES string of the molecule is O=C(O)c1ccc(OCc2ccc(I)cc2)cc1F. The molecular formula is C14H10FIO3. The second-order valence-corrected chi connectivity index (χ2v) is 5.11. The Balaban J connectivity index is 2.06. The topological polar surface area (TPSA) is 46.5 Å². The normalized spacial score (nSPS) is 10.2. The first-order chi connectivity index (χ1) is 9.06. The molecule has 2 aromatic rings. The van der Waals surface area contributed by atoms with Gasteiger partial charge >= 0.3 is 5.97 Å². The molecule has 3 nitrogen and oxygen atoms in total. The van der Waals surface area contributed by atoms with Gasteiger partial charge in [-0.25, -0.2) is 9.18 Å². The summed E-state index contributed by atoms with van der Waals surface area (Å²) in [5.74, 6) is -1.78. The van der Waals surface area contributed by atoms with Crippen LogP contribution in [0, 0.1) is 9.39 Å². The van der Waals surface area contributed by atoms with Crippen LogP contribution < -0.4 is 4.74 Å². The minimum Gasteiger partial charge on any atom is -0.489 e. The zero-order chi connectivity index (χ0) is 13.8. The molecule has 0 unspecified atom stereocenters. The van der Waals surface area contributed by atoms with Crippen molar-refractivity contribution in [2.45, 2.75) is 6.61 Å². The highest BCUT2D eigenvalue weighted by molar-refractivity contribution is 14.1. The molecule has 0 saturated carbocycles. The van der Waals surface area contributed by atoms with Crippen LogP contribution in [0.4, 0.5) is 4.39 Å². The van der Waals surface area contributed by atoms with Gasteiger partial charge in [-0.15, -0.1) is 0 Å².